The van der Waals surface area contributed by atoms with Gasteiger partial charge in [0, 0.05) is 34.2 Å². The van der Waals surface area contributed by atoms with Crippen molar-refractivity contribution in [1.82, 2.24) is 0 Å². The third-order valence-corrected chi connectivity index (χ3v) is 4.13. The number of halogens is 1. The molecule has 0 saturated carbocycles. The molecule has 0 fully saturated rings. The van der Waals surface area contributed by atoms with Crippen molar-refractivity contribution in [2.75, 3.05) is 0 Å². The number of hydrogen-bond donors (Lipinski definition) is 0. The largest absolute Gasteiger partial charge is 0.294 e. The van der Waals surface area contributed by atoms with Crippen LogP contribution in [-0.2, 0) is 16.0 Å². The van der Waals surface area contributed by atoms with Crippen molar-refractivity contribution in [3.63, 3.8) is 0 Å². The summed E-state index contributed by atoms with van der Waals surface area (Å²) >= 11 is 7.39. The number of carbonyl (C=O) groups is 3. The molecule has 21 heavy (non-hydrogen) atoms. The highest BCUT2D eigenvalue weighted by Gasteiger charge is 2.16. The molecule has 1 aromatic carbocycles. The van der Waals surface area contributed by atoms with E-state index in [-0.39, 0.29) is 12.2 Å². The SMILES string of the molecule is CC(=O)C(=O)CC(=O)c1csc(Cc2cccc(Cl)c2)c1. The van der Waals surface area contributed by atoms with E-state index in [1.807, 2.05) is 24.3 Å². The van der Waals surface area contributed by atoms with Gasteiger partial charge in [0.15, 0.2) is 11.6 Å². The van der Waals surface area contributed by atoms with Crippen LogP contribution in [0.5, 0.6) is 0 Å². The van der Waals surface area contributed by atoms with Crippen LogP contribution in [0.15, 0.2) is 35.7 Å². The molecule has 0 saturated heterocycles. The molecule has 0 unspecified atom stereocenters. The first-order valence-electron chi connectivity index (χ1n) is 6.34. The Hall–Kier alpha value is -1.78. The van der Waals surface area contributed by atoms with Crippen molar-refractivity contribution in [1.29, 1.82) is 0 Å². The van der Waals surface area contributed by atoms with Gasteiger partial charge in [0.25, 0.3) is 0 Å². The highest BCUT2D eigenvalue weighted by molar-refractivity contribution is 7.10. The fraction of sp³-hybridized carbons (Fsp3) is 0.188. The molecule has 0 aliphatic carbocycles. The normalized spacial score (nSPS) is 10.4. The summed E-state index contributed by atoms with van der Waals surface area (Å²) in [6.07, 6.45) is 0.321. The predicted octanol–water partition coefficient (Wildman–Crippen LogP) is 3.72. The summed E-state index contributed by atoms with van der Waals surface area (Å²) < 4.78 is 0. The van der Waals surface area contributed by atoms with E-state index in [4.69, 9.17) is 11.6 Å². The van der Waals surface area contributed by atoms with Gasteiger partial charge < -0.3 is 0 Å². The number of benzene rings is 1. The van der Waals surface area contributed by atoms with Crippen LogP contribution in [0.25, 0.3) is 0 Å². The summed E-state index contributed by atoms with van der Waals surface area (Å²) in [6.45, 7) is 1.17. The van der Waals surface area contributed by atoms with Crippen LogP contribution in [0, 0.1) is 0 Å². The van der Waals surface area contributed by atoms with E-state index >= 15 is 0 Å². The van der Waals surface area contributed by atoms with Gasteiger partial charge in [0.1, 0.15) is 0 Å². The molecule has 5 heteroatoms. The molecular formula is C16H13ClO3S. The van der Waals surface area contributed by atoms with Crippen LogP contribution in [0.3, 0.4) is 0 Å². The number of rotatable bonds is 6. The van der Waals surface area contributed by atoms with Gasteiger partial charge in [-0.25, -0.2) is 0 Å². The summed E-state index contributed by atoms with van der Waals surface area (Å²) in [4.78, 5) is 35.1. The minimum atomic E-state index is -0.650. The number of carbonyl (C=O) groups excluding carboxylic acids is 3. The van der Waals surface area contributed by atoms with Crippen LogP contribution < -0.4 is 0 Å². The van der Waals surface area contributed by atoms with Gasteiger partial charge in [-0.05, 0) is 23.8 Å². The van der Waals surface area contributed by atoms with E-state index in [0.29, 0.717) is 17.0 Å². The lowest BCUT2D eigenvalue weighted by Crippen LogP contribution is -2.14. The van der Waals surface area contributed by atoms with Crippen LogP contribution in [0.2, 0.25) is 5.02 Å². The van der Waals surface area contributed by atoms with Crippen LogP contribution in [-0.4, -0.2) is 17.3 Å². The molecule has 3 nitrogen and oxygen atoms in total. The Morgan fingerprint density at radius 3 is 2.62 bits per heavy atom. The average molecular weight is 321 g/mol. The second-order valence-electron chi connectivity index (χ2n) is 4.69. The molecule has 0 spiro atoms. The Balaban J connectivity index is 2.06. The number of Topliss-reactive ketones (excluding diaryl/α,β-unsaturated/α-hetero) is 3. The lowest BCUT2D eigenvalue weighted by atomic mass is 10.1. The topological polar surface area (TPSA) is 51.2 Å². The molecule has 0 atom stereocenters. The Morgan fingerprint density at radius 1 is 1.19 bits per heavy atom. The minimum Gasteiger partial charge on any atom is -0.294 e. The van der Waals surface area contributed by atoms with Gasteiger partial charge in [0.05, 0.1) is 6.42 Å². The van der Waals surface area contributed by atoms with Crippen molar-refractivity contribution in [3.8, 4) is 0 Å². The first-order chi connectivity index (χ1) is 9.95. The fourth-order valence-corrected chi connectivity index (χ4v) is 2.98. The monoisotopic (exact) mass is 320 g/mol. The van der Waals surface area contributed by atoms with E-state index in [9.17, 15) is 14.4 Å². The fourth-order valence-electron chi connectivity index (χ4n) is 1.84. The first kappa shape index (κ1) is 15.6. The number of hydrogen-bond acceptors (Lipinski definition) is 4. The van der Waals surface area contributed by atoms with Gasteiger partial charge in [-0.1, -0.05) is 23.7 Å². The van der Waals surface area contributed by atoms with Crippen LogP contribution in [0.4, 0.5) is 0 Å². The second-order valence-corrected chi connectivity index (χ2v) is 6.12. The molecule has 108 valence electrons. The molecular weight excluding hydrogens is 308 g/mol. The minimum absolute atomic E-state index is 0.316. The van der Waals surface area contributed by atoms with Crippen molar-refractivity contribution in [2.24, 2.45) is 0 Å². The molecule has 0 N–H and O–H groups in total. The molecule has 0 radical (unpaired) electrons. The van der Waals surface area contributed by atoms with E-state index in [2.05, 4.69) is 0 Å². The second kappa shape index (κ2) is 6.78. The summed E-state index contributed by atoms with van der Waals surface area (Å²) in [5.41, 5.74) is 1.54. The highest BCUT2D eigenvalue weighted by atomic mass is 35.5. The zero-order chi connectivity index (χ0) is 15.4. The Bertz CT molecular complexity index is 703. The first-order valence-corrected chi connectivity index (χ1v) is 7.60. The summed E-state index contributed by atoms with van der Waals surface area (Å²) in [5, 5.41) is 2.39. The number of thiophene rings is 1. The van der Waals surface area contributed by atoms with Gasteiger partial charge in [-0.15, -0.1) is 11.3 Å². The van der Waals surface area contributed by atoms with Crippen molar-refractivity contribution in [3.05, 3.63) is 56.7 Å². The molecule has 2 aromatic rings. The van der Waals surface area contributed by atoms with Gasteiger partial charge >= 0.3 is 0 Å². The third-order valence-electron chi connectivity index (χ3n) is 2.96. The predicted molar refractivity (Wildman–Crippen MR) is 83.2 cm³/mol. The maximum atomic E-state index is 11.9. The van der Waals surface area contributed by atoms with Gasteiger partial charge in [0.2, 0.25) is 5.78 Å². The Morgan fingerprint density at radius 2 is 1.95 bits per heavy atom. The molecule has 1 aromatic heterocycles. The molecule has 0 aliphatic heterocycles. The standard InChI is InChI=1S/C16H13ClO3S/c1-10(18)15(19)8-16(20)12-7-14(21-9-12)6-11-3-2-4-13(17)5-11/h2-5,7,9H,6,8H2,1H3. The molecule has 0 bridgehead atoms. The smallest absolute Gasteiger partial charge is 0.205 e. The van der Waals surface area contributed by atoms with Crippen molar-refractivity contribution >= 4 is 40.3 Å². The Labute approximate surface area is 131 Å². The van der Waals surface area contributed by atoms with Crippen molar-refractivity contribution in [2.45, 2.75) is 19.8 Å². The quantitative estimate of drug-likeness (QED) is 0.463. The van der Waals surface area contributed by atoms with Crippen LogP contribution >= 0.6 is 22.9 Å². The zero-order valence-electron chi connectivity index (χ0n) is 11.4. The van der Waals surface area contributed by atoms with E-state index < -0.39 is 11.6 Å². The van der Waals surface area contributed by atoms with E-state index in [0.717, 1.165) is 10.4 Å². The lowest BCUT2D eigenvalue weighted by Gasteiger charge is -1.99. The Kier molecular flexibility index (Phi) is 5.04. The van der Waals surface area contributed by atoms with Gasteiger partial charge in [-0.2, -0.15) is 0 Å². The third kappa shape index (κ3) is 4.34. The molecule has 0 aliphatic rings. The average Bonchev–Trinajstić information content (AvgIpc) is 2.87. The lowest BCUT2D eigenvalue weighted by molar-refractivity contribution is -0.134. The molecule has 1 heterocycles. The van der Waals surface area contributed by atoms with Crippen molar-refractivity contribution < 1.29 is 14.4 Å². The zero-order valence-corrected chi connectivity index (χ0v) is 13.0. The summed E-state index contributed by atoms with van der Waals surface area (Å²) in [6, 6.07) is 9.29. The molecule has 2 rings (SSSR count). The molecule has 0 amide bonds. The summed E-state index contributed by atoms with van der Waals surface area (Å²) in [5.74, 6) is -1.55. The summed E-state index contributed by atoms with van der Waals surface area (Å²) in [7, 11) is 0. The van der Waals surface area contributed by atoms with Crippen LogP contribution in [0.1, 0.15) is 34.1 Å². The highest BCUT2D eigenvalue weighted by Crippen LogP contribution is 2.21. The van der Waals surface area contributed by atoms with Gasteiger partial charge in [-0.3, -0.25) is 14.4 Å². The van der Waals surface area contributed by atoms with E-state index in [1.54, 1.807) is 11.4 Å². The number of ketones is 3. The maximum absolute atomic E-state index is 11.9. The maximum Gasteiger partial charge on any atom is 0.205 e. The van der Waals surface area contributed by atoms with E-state index in [1.165, 1.54) is 18.3 Å².